The number of halogens is 1. The van der Waals surface area contributed by atoms with Crippen LogP contribution in [0.25, 0.3) is 0 Å². The molecule has 1 aromatic rings. The summed E-state index contributed by atoms with van der Waals surface area (Å²) in [6.45, 7) is 0. The smallest absolute Gasteiger partial charge is 0.373 e. The summed E-state index contributed by atoms with van der Waals surface area (Å²) in [6.07, 6.45) is 3.00. The molecular weight excluding hydrogens is 240 g/mol. The van der Waals surface area contributed by atoms with Crippen molar-refractivity contribution in [1.82, 2.24) is 0 Å². The molecule has 4 heteroatoms. The number of ketones is 1. The molecule has 0 saturated heterocycles. The Hall–Kier alpha value is -1.35. The van der Waals surface area contributed by atoms with Crippen LogP contribution in [0.4, 0.5) is 0 Å². The molecule has 2 rings (SSSR count). The lowest BCUT2D eigenvalue weighted by atomic mass is 9.75. The highest BCUT2D eigenvalue weighted by atomic mass is 35.5. The number of hydrogen-bond acceptors (Lipinski definition) is 2. The summed E-state index contributed by atoms with van der Waals surface area (Å²) >= 11 is 5.80. The molecule has 3 nitrogen and oxygen atoms in total. The van der Waals surface area contributed by atoms with Crippen LogP contribution in [0.1, 0.15) is 31.2 Å². The summed E-state index contributed by atoms with van der Waals surface area (Å²) in [5, 5.41) is 9.54. The van der Waals surface area contributed by atoms with E-state index in [-0.39, 0.29) is 0 Å². The van der Waals surface area contributed by atoms with Crippen LogP contribution in [-0.2, 0) is 15.0 Å². The SMILES string of the molecule is O=C(O)C(=O)C1(c2ccc(Cl)cc2)CCCC1. The fourth-order valence-corrected chi connectivity index (χ4v) is 2.72. The number of rotatable bonds is 3. The predicted molar refractivity (Wildman–Crippen MR) is 64.2 cm³/mol. The standard InChI is InChI=1S/C13H13ClO3/c14-10-5-3-9(4-6-10)13(7-1-2-8-13)11(15)12(16)17/h3-6H,1-2,7-8H2,(H,16,17). The summed E-state index contributed by atoms with van der Waals surface area (Å²) in [7, 11) is 0. The molecule has 1 saturated carbocycles. The maximum Gasteiger partial charge on any atom is 0.373 e. The number of carbonyl (C=O) groups excluding carboxylic acids is 1. The highest BCUT2D eigenvalue weighted by Gasteiger charge is 2.45. The van der Waals surface area contributed by atoms with Crippen LogP contribution in [-0.4, -0.2) is 16.9 Å². The topological polar surface area (TPSA) is 54.4 Å². The number of carbonyl (C=O) groups is 2. The van der Waals surface area contributed by atoms with Gasteiger partial charge in [-0.05, 0) is 30.5 Å². The van der Waals surface area contributed by atoms with Gasteiger partial charge in [-0.15, -0.1) is 0 Å². The van der Waals surface area contributed by atoms with Gasteiger partial charge in [0.15, 0.2) is 0 Å². The Balaban J connectivity index is 2.44. The summed E-state index contributed by atoms with van der Waals surface area (Å²) < 4.78 is 0. The molecular formula is C13H13ClO3. The maximum atomic E-state index is 11.9. The number of carboxylic acid groups (broad SMARTS) is 1. The second-order valence-corrected chi connectivity index (χ2v) is 4.87. The molecule has 1 aliphatic carbocycles. The van der Waals surface area contributed by atoms with Gasteiger partial charge in [-0.3, -0.25) is 4.79 Å². The fraction of sp³-hybridized carbons (Fsp3) is 0.385. The van der Waals surface area contributed by atoms with Crippen molar-refractivity contribution in [2.24, 2.45) is 0 Å². The lowest BCUT2D eigenvalue weighted by molar-refractivity contribution is -0.151. The quantitative estimate of drug-likeness (QED) is 0.842. The summed E-state index contributed by atoms with van der Waals surface area (Å²) in [4.78, 5) is 22.9. The highest BCUT2D eigenvalue weighted by Crippen LogP contribution is 2.42. The van der Waals surface area contributed by atoms with E-state index in [1.807, 2.05) is 0 Å². The lowest BCUT2D eigenvalue weighted by Gasteiger charge is -2.25. The Morgan fingerprint density at radius 2 is 1.65 bits per heavy atom. The number of Topliss-reactive ketones (excluding diaryl/α,β-unsaturated/α-hetero) is 1. The minimum atomic E-state index is -1.35. The first-order chi connectivity index (χ1) is 8.06. The van der Waals surface area contributed by atoms with E-state index in [2.05, 4.69) is 0 Å². The zero-order valence-electron chi connectivity index (χ0n) is 9.28. The molecule has 0 bridgehead atoms. The van der Waals surface area contributed by atoms with Gasteiger partial charge in [0.25, 0.3) is 0 Å². The third-order valence-corrected chi connectivity index (χ3v) is 3.73. The van der Waals surface area contributed by atoms with Gasteiger partial charge in [0.05, 0.1) is 5.41 Å². The molecule has 0 amide bonds. The van der Waals surface area contributed by atoms with E-state index in [0.29, 0.717) is 17.9 Å². The minimum Gasteiger partial charge on any atom is -0.475 e. The van der Waals surface area contributed by atoms with Crippen molar-refractivity contribution in [3.05, 3.63) is 34.9 Å². The van der Waals surface area contributed by atoms with Crippen molar-refractivity contribution >= 4 is 23.4 Å². The second kappa shape index (κ2) is 4.49. The maximum absolute atomic E-state index is 11.9. The largest absolute Gasteiger partial charge is 0.475 e. The van der Waals surface area contributed by atoms with Crippen molar-refractivity contribution in [2.45, 2.75) is 31.1 Å². The van der Waals surface area contributed by atoms with Crippen LogP contribution in [0.5, 0.6) is 0 Å². The number of benzene rings is 1. The molecule has 1 N–H and O–H groups in total. The molecule has 1 aliphatic rings. The Morgan fingerprint density at radius 1 is 1.12 bits per heavy atom. The van der Waals surface area contributed by atoms with Gasteiger partial charge in [-0.25, -0.2) is 4.79 Å². The zero-order valence-corrected chi connectivity index (χ0v) is 10.0. The molecule has 1 fully saturated rings. The monoisotopic (exact) mass is 252 g/mol. The van der Waals surface area contributed by atoms with Crippen LogP contribution in [0.3, 0.4) is 0 Å². The van der Waals surface area contributed by atoms with E-state index >= 15 is 0 Å². The van der Waals surface area contributed by atoms with Crippen LogP contribution in [0.15, 0.2) is 24.3 Å². The van der Waals surface area contributed by atoms with Crippen LogP contribution < -0.4 is 0 Å². The minimum absolute atomic E-state index is 0.588. The van der Waals surface area contributed by atoms with E-state index < -0.39 is 17.2 Å². The summed E-state index contributed by atoms with van der Waals surface area (Å²) in [5.74, 6) is -2.04. The van der Waals surface area contributed by atoms with Crippen molar-refractivity contribution in [1.29, 1.82) is 0 Å². The Morgan fingerprint density at radius 3 is 2.12 bits per heavy atom. The lowest BCUT2D eigenvalue weighted by Crippen LogP contribution is -2.38. The predicted octanol–water partition coefficient (Wildman–Crippen LogP) is 2.81. The molecule has 0 unspecified atom stereocenters. The Bertz CT molecular complexity index is 444. The van der Waals surface area contributed by atoms with Crippen LogP contribution >= 0.6 is 11.6 Å². The van der Waals surface area contributed by atoms with E-state index in [4.69, 9.17) is 16.7 Å². The summed E-state index contributed by atoms with van der Waals surface area (Å²) in [6, 6.07) is 6.92. The number of carboxylic acids is 1. The molecule has 0 aliphatic heterocycles. The highest BCUT2D eigenvalue weighted by molar-refractivity contribution is 6.36. The Kier molecular flexibility index (Phi) is 3.20. The van der Waals surface area contributed by atoms with Crippen molar-refractivity contribution in [3.8, 4) is 0 Å². The first-order valence-corrected chi connectivity index (χ1v) is 5.98. The molecule has 17 heavy (non-hydrogen) atoms. The first kappa shape index (κ1) is 12.1. The molecule has 0 heterocycles. The van der Waals surface area contributed by atoms with Gasteiger partial charge >= 0.3 is 5.97 Å². The molecule has 0 spiro atoms. The van der Waals surface area contributed by atoms with Gasteiger partial charge in [0.2, 0.25) is 5.78 Å². The van der Waals surface area contributed by atoms with Crippen molar-refractivity contribution in [2.75, 3.05) is 0 Å². The van der Waals surface area contributed by atoms with Crippen LogP contribution in [0, 0.1) is 0 Å². The third-order valence-electron chi connectivity index (χ3n) is 3.48. The first-order valence-electron chi connectivity index (χ1n) is 5.60. The number of aliphatic carboxylic acids is 1. The van der Waals surface area contributed by atoms with E-state index in [1.165, 1.54) is 0 Å². The molecule has 1 aromatic carbocycles. The van der Waals surface area contributed by atoms with Gasteiger partial charge < -0.3 is 5.11 Å². The van der Waals surface area contributed by atoms with Gasteiger partial charge in [0, 0.05) is 5.02 Å². The zero-order chi connectivity index (χ0) is 12.5. The van der Waals surface area contributed by atoms with Crippen molar-refractivity contribution in [3.63, 3.8) is 0 Å². The fourth-order valence-electron chi connectivity index (χ4n) is 2.60. The third kappa shape index (κ3) is 2.07. The molecule has 0 atom stereocenters. The van der Waals surface area contributed by atoms with E-state index in [0.717, 1.165) is 18.4 Å². The second-order valence-electron chi connectivity index (χ2n) is 4.43. The molecule has 90 valence electrons. The van der Waals surface area contributed by atoms with Crippen molar-refractivity contribution < 1.29 is 14.7 Å². The molecule has 0 radical (unpaired) electrons. The summed E-state index contributed by atoms with van der Waals surface area (Å²) in [5.41, 5.74) is -0.0667. The average Bonchev–Trinajstić information content (AvgIpc) is 2.79. The number of hydrogen-bond donors (Lipinski definition) is 1. The van der Waals surface area contributed by atoms with Gasteiger partial charge in [-0.2, -0.15) is 0 Å². The van der Waals surface area contributed by atoms with Crippen LogP contribution in [0.2, 0.25) is 5.02 Å². The van der Waals surface area contributed by atoms with E-state index in [9.17, 15) is 9.59 Å². The average molecular weight is 253 g/mol. The normalized spacial score (nSPS) is 17.9. The van der Waals surface area contributed by atoms with Gasteiger partial charge in [-0.1, -0.05) is 36.6 Å². The van der Waals surface area contributed by atoms with E-state index in [1.54, 1.807) is 24.3 Å². The van der Waals surface area contributed by atoms with Gasteiger partial charge in [0.1, 0.15) is 0 Å². The Labute approximate surface area is 104 Å². The molecule has 0 aromatic heterocycles.